The van der Waals surface area contributed by atoms with Gasteiger partial charge in [-0.2, -0.15) is 0 Å². The summed E-state index contributed by atoms with van der Waals surface area (Å²) in [7, 11) is -2.19. The van der Waals surface area contributed by atoms with Gasteiger partial charge in [-0.3, -0.25) is 9.59 Å². The number of esters is 1. The van der Waals surface area contributed by atoms with Crippen molar-refractivity contribution in [2.45, 2.75) is 24.3 Å². The Bertz CT molecular complexity index is 1000. The van der Waals surface area contributed by atoms with E-state index >= 15 is 0 Å². The first-order valence-corrected chi connectivity index (χ1v) is 11.1. The zero-order chi connectivity index (χ0) is 22.3. The van der Waals surface area contributed by atoms with Gasteiger partial charge in [-0.25, -0.2) is 13.1 Å². The van der Waals surface area contributed by atoms with Crippen LogP contribution in [0.5, 0.6) is 11.5 Å². The Balaban J connectivity index is 1.37. The summed E-state index contributed by atoms with van der Waals surface area (Å²) >= 11 is 0. The number of fused-ring (bicyclic) bond motifs is 1. The van der Waals surface area contributed by atoms with Gasteiger partial charge in [0.2, 0.25) is 10.0 Å². The van der Waals surface area contributed by atoms with Crippen molar-refractivity contribution in [3.8, 4) is 11.5 Å². The second-order valence-electron chi connectivity index (χ2n) is 6.80. The molecule has 0 unspecified atom stereocenters. The minimum Gasteiger partial charge on any atom is -0.486 e. The highest BCUT2D eigenvalue weighted by atomic mass is 32.2. The van der Waals surface area contributed by atoms with E-state index in [2.05, 4.69) is 4.72 Å². The lowest BCUT2D eigenvalue weighted by molar-refractivity contribution is -0.151. The molecule has 0 saturated carbocycles. The highest BCUT2D eigenvalue weighted by Crippen LogP contribution is 2.32. The fourth-order valence-corrected chi connectivity index (χ4v) is 3.85. The van der Waals surface area contributed by atoms with Crippen LogP contribution in [-0.4, -0.2) is 58.6 Å². The summed E-state index contributed by atoms with van der Waals surface area (Å²) in [6.45, 7) is 0.689. The fraction of sp³-hybridized carbons (Fsp3) is 0.400. The van der Waals surface area contributed by atoms with Gasteiger partial charge in [0.25, 0.3) is 5.91 Å². The number of carbonyl (C=O) groups is 2. The predicted molar refractivity (Wildman–Crippen MR) is 108 cm³/mol. The van der Waals surface area contributed by atoms with Crippen LogP contribution in [0.1, 0.15) is 18.6 Å². The van der Waals surface area contributed by atoms with E-state index in [1.54, 1.807) is 25.2 Å². The van der Waals surface area contributed by atoms with E-state index in [4.69, 9.17) is 18.6 Å². The Labute approximate surface area is 180 Å². The monoisotopic (exact) mass is 452 g/mol. The molecule has 1 aromatic heterocycles. The molecule has 0 bridgehead atoms. The first-order valence-electron chi connectivity index (χ1n) is 9.66. The summed E-state index contributed by atoms with van der Waals surface area (Å²) in [5.41, 5.74) is 0. The predicted octanol–water partition coefficient (Wildman–Crippen LogP) is 1.31. The maximum atomic E-state index is 12.4. The number of furan rings is 1. The Morgan fingerprint density at radius 3 is 2.68 bits per heavy atom. The van der Waals surface area contributed by atoms with Gasteiger partial charge in [-0.1, -0.05) is 0 Å². The highest BCUT2D eigenvalue weighted by Gasteiger charge is 2.19. The van der Waals surface area contributed by atoms with E-state index < -0.39 is 16.0 Å². The van der Waals surface area contributed by atoms with Gasteiger partial charge >= 0.3 is 5.97 Å². The second-order valence-corrected chi connectivity index (χ2v) is 8.56. The quantitative estimate of drug-likeness (QED) is 0.423. The first kappa shape index (κ1) is 22.6. The van der Waals surface area contributed by atoms with Crippen LogP contribution in [0.15, 0.2) is 45.9 Å². The van der Waals surface area contributed by atoms with Crippen LogP contribution >= 0.6 is 0 Å². The Morgan fingerprint density at radius 1 is 1.16 bits per heavy atom. The molecule has 3 rings (SSSR count). The van der Waals surface area contributed by atoms with Crippen LogP contribution in [0.25, 0.3) is 0 Å². The number of ether oxygens (including phenoxy) is 3. The molecule has 2 aromatic rings. The molecule has 0 spiro atoms. The van der Waals surface area contributed by atoms with Crippen LogP contribution in [-0.2, 0) is 30.9 Å². The number of nitrogens with one attached hydrogen (secondary N) is 1. The van der Waals surface area contributed by atoms with Crippen LogP contribution in [0.4, 0.5) is 0 Å². The maximum Gasteiger partial charge on any atom is 0.306 e. The third-order valence-electron chi connectivity index (χ3n) is 4.43. The van der Waals surface area contributed by atoms with Crippen LogP contribution in [0, 0.1) is 0 Å². The molecule has 0 radical (unpaired) electrons. The highest BCUT2D eigenvalue weighted by molar-refractivity contribution is 7.89. The molecular formula is C20H24N2O8S. The minimum absolute atomic E-state index is 0.0289. The van der Waals surface area contributed by atoms with Crippen LogP contribution < -0.4 is 14.2 Å². The fourth-order valence-electron chi connectivity index (χ4n) is 2.76. The molecule has 1 aliphatic heterocycles. The molecule has 11 heteroatoms. The van der Waals surface area contributed by atoms with Crippen molar-refractivity contribution >= 4 is 21.9 Å². The van der Waals surface area contributed by atoms with Crippen molar-refractivity contribution in [3.63, 3.8) is 0 Å². The molecule has 10 nitrogen and oxygen atoms in total. The molecule has 0 fully saturated rings. The molecule has 1 aliphatic rings. The van der Waals surface area contributed by atoms with E-state index in [0.717, 1.165) is 0 Å². The van der Waals surface area contributed by atoms with Gasteiger partial charge in [-0.05, 0) is 30.7 Å². The van der Waals surface area contributed by atoms with Gasteiger partial charge in [0.15, 0.2) is 18.1 Å². The second kappa shape index (κ2) is 10.3. The topological polar surface area (TPSA) is 124 Å². The number of amides is 1. The van der Waals surface area contributed by atoms with Gasteiger partial charge < -0.3 is 23.5 Å². The summed E-state index contributed by atoms with van der Waals surface area (Å²) in [5.74, 6) is 0.534. The van der Waals surface area contributed by atoms with Crippen molar-refractivity contribution in [1.29, 1.82) is 0 Å². The van der Waals surface area contributed by atoms with Gasteiger partial charge in [0.1, 0.15) is 19.0 Å². The molecule has 1 aromatic carbocycles. The Hall–Kier alpha value is -3.05. The summed E-state index contributed by atoms with van der Waals surface area (Å²) in [6, 6.07) is 7.82. The SMILES string of the molecule is CN(Cc1ccco1)C(=O)COC(=O)CCCNS(=O)(=O)c1ccc2c(c1)OCCO2. The summed E-state index contributed by atoms with van der Waals surface area (Å²) < 4.78 is 48.1. The zero-order valence-corrected chi connectivity index (χ0v) is 17.9. The van der Waals surface area contributed by atoms with Crippen molar-refractivity contribution < 1.29 is 36.6 Å². The average molecular weight is 452 g/mol. The Morgan fingerprint density at radius 2 is 1.94 bits per heavy atom. The van der Waals surface area contributed by atoms with Crippen LogP contribution in [0.3, 0.4) is 0 Å². The molecule has 0 aliphatic carbocycles. The van der Waals surface area contributed by atoms with Gasteiger partial charge in [0, 0.05) is 26.1 Å². The number of benzene rings is 1. The number of likely N-dealkylation sites (N-methyl/N-ethyl adjacent to an activating group) is 1. The van der Waals surface area contributed by atoms with Gasteiger partial charge in [0.05, 0.1) is 17.7 Å². The standard InChI is InChI=1S/C20H24N2O8S/c1-22(13-15-4-3-9-27-15)19(23)14-30-20(24)5-2-8-21-31(25,26)16-6-7-17-18(12-16)29-11-10-28-17/h3-4,6-7,9,12,21H,2,5,8,10-11,13-14H2,1H3. The number of carbonyl (C=O) groups excluding carboxylic acids is 2. The van der Waals surface area contributed by atoms with E-state index in [9.17, 15) is 18.0 Å². The smallest absolute Gasteiger partial charge is 0.306 e. The lowest BCUT2D eigenvalue weighted by Gasteiger charge is -2.18. The summed E-state index contributed by atoms with van der Waals surface area (Å²) in [4.78, 5) is 25.2. The third-order valence-corrected chi connectivity index (χ3v) is 5.89. The van der Waals surface area contributed by atoms with E-state index in [-0.39, 0.29) is 43.3 Å². The average Bonchev–Trinajstić information content (AvgIpc) is 3.27. The molecule has 1 N–H and O–H groups in total. The lowest BCUT2D eigenvalue weighted by Crippen LogP contribution is -2.31. The largest absolute Gasteiger partial charge is 0.486 e. The van der Waals surface area contributed by atoms with Crippen LogP contribution in [0.2, 0.25) is 0 Å². The van der Waals surface area contributed by atoms with Crippen molar-refractivity contribution in [2.75, 3.05) is 33.4 Å². The molecule has 0 atom stereocenters. The number of rotatable bonds is 10. The third kappa shape index (κ3) is 6.46. The van der Waals surface area contributed by atoms with Crippen molar-refractivity contribution in [3.05, 3.63) is 42.4 Å². The van der Waals surface area contributed by atoms with E-state index in [0.29, 0.717) is 30.5 Å². The minimum atomic E-state index is -3.76. The lowest BCUT2D eigenvalue weighted by atomic mass is 10.3. The molecule has 168 valence electrons. The molecule has 2 heterocycles. The first-order chi connectivity index (χ1) is 14.8. The zero-order valence-electron chi connectivity index (χ0n) is 17.0. The molecular weight excluding hydrogens is 428 g/mol. The molecule has 31 heavy (non-hydrogen) atoms. The normalized spacial score (nSPS) is 12.9. The van der Waals surface area contributed by atoms with Crippen molar-refractivity contribution in [2.24, 2.45) is 0 Å². The summed E-state index contributed by atoms with van der Waals surface area (Å²) in [6.07, 6.45) is 1.70. The molecule has 1 amide bonds. The van der Waals surface area contributed by atoms with Gasteiger partial charge in [-0.15, -0.1) is 0 Å². The maximum absolute atomic E-state index is 12.4. The van der Waals surface area contributed by atoms with Crippen molar-refractivity contribution in [1.82, 2.24) is 9.62 Å². The number of sulfonamides is 1. The summed E-state index contributed by atoms with van der Waals surface area (Å²) in [5, 5.41) is 0. The number of hydrogen-bond acceptors (Lipinski definition) is 8. The molecule has 0 saturated heterocycles. The Kier molecular flexibility index (Phi) is 7.53. The number of hydrogen-bond donors (Lipinski definition) is 1. The van der Waals surface area contributed by atoms with E-state index in [1.165, 1.54) is 23.3 Å². The number of nitrogens with zero attached hydrogens (tertiary/aromatic N) is 1. The van der Waals surface area contributed by atoms with E-state index in [1.807, 2.05) is 0 Å².